The van der Waals surface area contributed by atoms with E-state index in [4.69, 9.17) is 25.8 Å². The Morgan fingerprint density at radius 2 is 2.18 bits per heavy atom. The summed E-state index contributed by atoms with van der Waals surface area (Å²) in [5.41, 5.74) is 1.37. The van der Waals surface area contributed by atoms with Crippen molar-refractivity contribution in [1.29, 1.82) is 0 Å². The highest BCUT2D eigenvalue weighted by Crippen LogP contribution is 2.39. The molecule has 1 amide bonds. The Kier molecular flexibility index (Phi) is 4.06. The molecule has 0 saturated heterocycles. The van der Waals surface area contributed by atoms with Gasteiger partial charge in [-0.15, -0.1) is 0 Å². The van der Waals surface area contributed by atoms with Crippen LogP contribution in [0.4, 0.5) is 0 Å². The summed E-state index contributed by atoms with van der Waals surface area (Å²) in [6.07, 6.45) is 0. The van der Waals surface area contributed by atoms with E-state index in [1.165, 1.54) is 0 Å². The SMILES string of the molecule is COc1cccc(CNC(=O)c2cc(Cl)c3c(c2)OCO3)c1. The van der Waals surface area contributed by atoms with Crippen molar-refractivity contribution >= 4 is 17.5 Å². The van der Waals surface area contributed by atoms with Crippen LogP contribution in [0.15, 0.2) is 36.4 Å². The van der Waals surface area contributed by atoms with Gasteiger partial charge in [0.25, 0.3) is 5.91 Å². The zero-order chi connectivity index (χ0) is 15.5. The quantitative estimate of drug-likeness (QED) is 0.941. The standard InChI is InChI=1S/C16H14ClNO4/c1-20-12-4-2-3-10(5-12)8-18-16(19)11-6-13(17)15-14(7-11)21-9-22-15/h2-7H,8-9H2,1H3,(H,18,19). The summed E-state index contributed by atoms with van der Waals surface area (Å²) < 4.78 is 15.6. The molecular formula is C16H14ClNO4. The number of nitrogens with one attached hydrogen (secondary N) is 1. The summed E-state index contributed by atoms with van der Waals surface area (Å²) in [7, 11) is 1.60. The average Bonchev–Trinajstić information content (AvgIpc) is 3.02. The number of ether oxygens (including phenoxy) is 3. The molecule has 1 heterocycles. The van der Waals surface area contributed by atoms with Crippen molar-refractivity contribution in [1.82, 2.24) is 5.32 Å². The van der Waals surface area contributed by atoms with Crippen LogP contribution in [0.1, 0.15) is 15.9 Å². The second kappa shape index (κ2) is 6.15. The second-order valence-electron chi connectivity index (χ2n) is 4.73. The lowest BCUT2D eigenvalue weighted by molar-refractivity contribution is 0.0950. The minimum absolute atomic E-state index is 0.115. The van der Waals surface area contributed by atoms with Gasteiger partial charge in [-0.1, -0.05) is 23.7 Å². The second-order valence-corrected chi connectivity index (χ2v) is 5.13. The van der Waals surface area contributed by atoms with Crippen LogP contribution in [-0.2, 0) is 6.54 Å². The highest BCUT2D eigenvalue weighted by molar-refractivity contribution is 6.32. The van der Waals surface area contributed by atoms with Crippen molar-refractivity contribution in [2.75, 3.05) is 13.9 Å². The molecule has 3 rings (SSSR count). The molecule has 5 nitrogen and oxygen atoms in total. The summed E-state index contributed by atoms with van der Waals surface area (Å²) in [5, 5.41) is 3.20. The third kappa shape index (κ3) is 2.94. The van der Waals surface area contributed by atoms with E-state index in [-0.39, 0.29) is 12.7 Å². The van der Waals surface area contributed by atoms with E-state index >= 15 is 0 Å². The summed E-state index contributed by atoms with van der Waals surface area (Å²) in [5.74, 6) is 1.48. The molecule has 22 heavy (non-hydrogen) atoms. The maximum absolute atomic E-state index is 12.2. The molecule has 0 aliphatic carbocycles. The van der Waals surface area contributed by atoms with Crippen LogP contribution >= 0.6 is 11.6 Å². The Morgan fingerprint density at radius 3 is 3.00 bits per heavy atom. The Labute approximate surface area is 132 Å². The Balaban J connectivity index is 1.71. The molecule has 2 aromatic rings. The van der Waals surface area contributed by atoms with Gasteiger partial charge >= 0.3 is 0 Å². The molecule has 1 aliphatic rings. The molecule has 6 heteroatoms. The zero-order valence-corrected chi connectivity index (χ0v) is 12.6. The number of hydrogen-bond acceptors (Lipinski definition) is 4. The molecule has 2 aromatic carbocycles. The topological polar surface area (TPSA) is 56.8 Å². The predicted octanol–water partition coefficient (Wildman–Crippen LogP) is 3.01. The first-order valence-electron chi connectivity index (χ1n) is 6.67. The number of methoxy groups -OCH3 is 1. The molecule has 0 bridgehead atoms. The monoisotopic (exact) mass is 319 g/mol. The summed E-state index contributed by atoms with van der Waals surface area (Å²) in [6.45, 7) is 0.506. The smallest absolute Gasteiger partial charge is 0.251 e. The third-order valence-corrected chi connectivity index (χ3v) is 3.56. The van der Waals surface area contributed by atoms with E-state index < -0.39 is 0 Å². The number of carbonyl (C=O) groups excluding carboxylic acids is 1. The number of fused-ring (bicyclic) bond motifs is 1. The van der Waals surface area contributed by atoms with Crippen molar-refractivity contribution in [3.05, 3.63) is 52.5 Å². The third-order valence-electron chi connectivity index (χ3n) is 3.28. The molecule has 1 aliphatic heterocycles. The van der Waals surface area contributed by atoms with Crippen LogP contribution in [-0.4, -0.2) is 19.8 Å². The first-order valence-corrected chi connectivity index (χ1v) is 7.05. The molecule has 0 spiro atoms. The van der Waals surface area contributed by atoms with Crippen molar-refractivity contribution in [2.24, 2.45) is 0 Å². The minimum Gasteiger partial charge on any atom is -0.497 e. The van der Waals surface area contributed by atoms with Gasteiger partial charge in [0.1, 0.15) is 5.75 Å². The Hall–Kier alpha value is -2.40. The van der Waals surface area contributed by atoms with Gasteiger partial charge in [0, 0.05) is 12.1 Å². The molecule has 0 unspecified atom stereocenters. The van der Waals surface area contributed by atoms with Crippen LogP contribution in [0.25, 0.3) is 0 Å². The first-order chi connectivity index (χ1) is 10.7. The molecule has 0 saturated carbocycles. The maximum Gasteiger partial charge on any atom is 0.251 e. The van der Waals surface area contributed by atoms with E-state index in [0.717, 1.165) is 11.3 Å². The molecule has 114 valence electrons. The van der Waals surface area contributed by atoms with E-state index in [0.29, 0.717) is 28.6 Å². The van der Waals surface area contributed by atoms with Gasteiger partial charge < -0.3 is 19.5 Å². The van der Waals surface area contributed by atoms with Gasteiger partial charge in [0.15, 0.2) is 11.5 Å². The van der Waals surface area contributed by atoms with Gasteiger partial charge in [-0.3, -0.25) is 4.79 Å². The number of halogens is 1. The fourth-order valence-electron chi connectivity index (χ4n) is 2.17. The predicted molar refractivity (Wildman–Crippen MR) is 81.7 cm³/mol. The van der Waals surface area contributed by atoms with Gasteiger partial charge in [0.2, 0.25) is 6.79 Å². The summed E-state index contributed by atoms with van der Waals surface area (Å²) in [4.78, 5) is 12.2. The lowest BCUT2D eigenvalue weighted by Gasteiger charge is -2.08. The van der Waals surface area contributed by atoms with Gasteiger partial charge in [-0.25, -0.2) is 0 Å². The number of amides is 1. The fourth-order valence-corrected chi connectivity index (χ4v) is 2.43. The van der Waals surface area contributed by atoms with Crippen molar-refractivity contribution < 1.29 is 19.0 Å². The van der Waals surface area contributed by atoms with Gasteiger partial charge in [0.05, 0.1) is 12.1 Å². The van der Waals surface area contributed by atoms with Crippen LogP contribution < -0.4 is 19.5 Å². The highest BCUT2D eigenvalue weighted by atomic mass is 35.5. The normalized spacial score (nSPS) is 12.1. The van der Waals surface area contributed by atoms with E-state index in [1.54, 1.807) is 19.2 Å². The molecule has 0 fully saturated rings. The van der Waals surface area contributed by atoms with Gasteiger partial charge in [-0.05, 0) is 29.8 Å². The first kappa shape index (κ1) is 14.5. The van der Waals surface area contributed by atoms with E-state index in [2.05, 4.69) is 5.32 Å². The van der Waals surface area contributed by atoms with Crippen molar-refractivity contribution in [3.8, 4) is 17.2 Å². The molecule has 0 aromatic heterocycles. The van der Waals surface area contributed by atoms with Crippen molar-refractivity contribution in [3.63, 3.8) is 0 Å². The highest BCUT2D eigenvalue weighted by Gasteiger charge is 2.20. The van der Waals surface area contributed by atoms with E-state index in [9.17, 15) is 4.79 Å². The average molecular weight is 320 g/mol. The Bertz CT molecular complexity index is 717. The lowest BCUT2D eigenvalue weighted by atomic mass is 10.1. The number of benzene rings is 2. The van der Waals surface area contributed by atoms with E-state index in [1.807, 2.05) is 24.3 Å². The largest absolute Gasteiger partial charge is 0.497 e. The van der Waals surface area contributed by atoms with Crippen LogP contribution in [0.2, 0.25) is 5.02 Å². The zero-order valence-electron chi connectivity index (χ0n) is 11.9. The summed E-state index contributed by atoms with van der Waals surface area (Å²) >= 11 is 6.07. The van der Waals surface area contributed by atoms with Gasteiger partial charge in [-0.2, -0.15) is 0 Å². The lowest BCUT2D eigenvalue weighted by Crippen LogP contribution is -2.22. The van der Waals surface area contributed by atoms with Crippen molar-refractivity contribution in [2.45, 2.75) is 6.54 Å². The number of rotatable bonds is 4. The molecule has 0 atom stereocenters. The molecule has 1 N–H and O–H groups in total. The Morgan fingerprint density at radius 1 is 1.32 bits per heavy atom. The van der Waals surface area contributed by atoms with Crippen LogP contribution in [0.5, 0.6) is 17.2 Å². The fraction of sp³-hybridized carbons (Fsp3) is 0.188. The molecule has 0 radical (unpaired) electrons. The number of carbonyl (C=O) groups is 1. The molecular weight excluding hydrogens is 306 g/mol. The number of hydrogen-bond donors (Lipinski definition) is 1. The summed E-state index contributed by atoms with van der Waals surface area (Å²) in [6, 6.07) is 10.7. The maximum atomic E-state index is 12.2. The minimum atomic E-state index is -0.233. The van der Waals surface area contributed by atoms with Crippen LogP contribution in [0.3, 0.4) is 0 Å². The van der Waals surface area contributed by atoms with Crippen LogP contribution in [0, 0.1) is 0 Å².